The molecule has 3 aromatic rings. The van der Waals surface area contributed by atoms with Crippen molar-refractivity contribution in [2.45, 2.75) is 0 Å². The second-order valence-corrected chi connectivity index (χ2v) is 7.07. The number of nitrogens with zero attached hydrogens (tertiary/aromatic N) is 2. The number of carboxylic acids is 1. The number of hydrogen-bond donors (Lipinski definition) is 2. The van der Waals surface area contributed by atoms with Gasteiger partial charge in [0.05, 0.1) is 22.4 Å². The van der Waals surface area contributed by atoms with Gasteiger partial charge in [-0.25, -0.2) is 13.6 Å². The zero-order chi connectivity index (χ0) is 25.0. The molecule has 0 aliphatic carbocycles. The molecule has 0 fully saturated rings. The Morgan fingerprint density at radius 2 is 1.76 bits per heavy atom. The second-order valence-electron chi connectivity index (χ2n) is 7.07. The number of fused-ring (bicyclic) bond motifs is 1. The van der Waals surface area contributed by atoms with Crippen molar-refractivity contribution in [2.75, 3.05) is 11.9 Å². The maximum absolute atomic E-state index is 13.3. The molecule has 4 rings (SSSR count). The SMILES string of the molecule is CN1C(=O)/C(=C\c2ccc(F)c(F)c2)C(=O)c2cc(C(=O)O)ccc21.NC(=O)c1cccnc1. The molecule has 34 heavy (non-hydrogen) atoms. The molecule has 0 atom stereocenters. The number of ketones is 1. The van der Waals surface area contributed by atoms with Gasteiger partial charge in [-0.1, -0.05) is 6.07 Å². The number of likely N-dealkylation sites (N-methyl/N-ethyl adjacent to an activating group) is 1. The first-order valence-corrected chi connectivity index (χ1v) is 9.67. The Bertz CT molecular complexity index is 1340. The fraction of sp³-hybridized carbons (Fsp3) is 0.0417. The standard InChI is InChI=1S/C18H11F2NO4.C6H6N2O/c1-21-15-5-3-10(18(24)25)8-11(15)16(22)12(17(21)23)6-9-2-4-13(19)14(20)7-9;7-6(9)5-2-1-3-8-4-5/h2-8H,1H3,(H,24,25);1-4H,(H2,7,9)/b12-6-;. The molecule has 8 nitrogen and oxygen atoms in total. The van der Waals surface area contributed by atoms with Crippen molar-refractivity contribution < 1.29 is 33.1 Å². The zero-order valence-corrected chi connectivity index (χ0v) is 17.7. The Hall–Kier alpha value is -4.73. The Morgan fingerprint density at radius 1 is 1.03 bits per heavy atom. The maximum Gasteiger partial charge on any atom is 0.335 e. The van der Waals surface area contributed by atoms with Gasteiger partial charge < -0.3 is 15.7 Å². The van der Waals surface area contributed by atoms with Crippen LogP contribution in [0.3, 0.4) is 0 Å². The van der Waals surface area contributed by atoms with Crippen LogP contribution < -0.4 is 10.6 Å². The topological polar surface area (TPSA) is 131 Å². The number of hydrogen-bond acceptors (Lipinski definition) is 5. The van der Waals surface area contributed by atoms with Crippen LogP contribution in [0.5, 0.6) is 0 Å². The van der Waals surface area contributed by atoms with Gasteiger partial charge in [-0.05, 0) is 54.1 Å². The van der Waals surface area contributed by atoms with Crippen molar-refractivity contribution in [1.29, 1.82) is 0 Å². The highest BCUT2D eigenvalue weighted by Gasteiger charge is 2.33. The van der Waals surface area contributed by atoms with Crippen molar-refractivity contribution in [2.24, 2.45) is 5.73 Å². The number of benzene rings is 2. The molecule has 0 saturated carbocycles. The van der Waals surface area contributed by atoms with E-state index in [9.17, 15) is 28.0 Å². The molecule has 2 aromatic carbocycles. The van der Waals surface area contributed by atoms with E-state index in [2.05, 4.69) is 4.98 Å². The minimum atomic E-state index is -1.21. The fourth-order valence-electron chi connectivity index (χ4n) is 3.08. The van der Waals surface area contributed by atoms with Crippen LogP contribution in [0.2, 0.25) is 0 Å². The normalized spacial score (nSPS) is 13.7. The summed E-state index contributed by atoms with van der Waals surface area (Å²) in [6.07, 6.45) is 4.18. The average Bonchev–Trinajstić information content (AvgIpc) is 2.83. The summed E-state index contributed by atoms with van der Waals surface area (Å²) in [5.74, 6) is -5.09. The average molecular weight is 465 g/mol. The zero-order valence-electron chi connectivity index (χ0n) is 17.7. The monoisotopic (exact) mass is 465 g/mol. The highest BCUT2D eigenvalue weighted by molar-refractivity contribution is 6.36. The second kappa shape index (κ2) is 9.82. The van der Waals surface area contributed by atoms with Gasteiger partial charge in [0.25, 0.3) is 5.91 Å². The summed E-state index contributed by atoms with van der Waals surface area (Å²) in [5, 5.41) is 9.06. The van der Waals surface area contributed by atoms with E-state index in [1.807, 2.05) is 0 Å². The first kappa shape index (κ1) is 23.9. The predicted octanol–water partition coefficient (Wildman–Crippen LogP) is 3.09. The molecule has 1 aliphatic rings. The van der Waals surface area contributed by atoms with E-state index in [0.29, 0.717) is 5.56 Å². The molecule has 172 valence electrons. The van der Waals surface area contributed by atoms with E-state index in [0.717, 1.165) is 18.2 Å². The number of nitrogens with two attached hydrogens (primary N) is 1. The van der Waals surface area contributed by atoms with Crippen LogP contribution in [-0.4, -0.2) is 40.7 Å². The summed E-state index contributed by atoms with van der Waals surface area (Å²) in [5.41, 5.74) is 5.49. The molecule has 1 aliphatic heterocycles. The molecule has 2 heterocycles. The molecule has 3 N–H and O–H groups in total. The van der Waals surface area contributed by atoms with E-state index in [4.69, 9.17) is 10.8 Å². The van der Waals surface area contributed by atoms with Gasteiger partial charge in [-0.15, -0.1) is 0 Å². The van der Waals surface area contributed by atoms with Crippen LogP contribution in [0, 0.1) is 11.6 Å². The van der Waals surface area contributed by atoms with Crippen molar-refractivity contribution in [1.82, 2.24) is 4.98 Å². The van der Waals surface area contributed by atoms with Crippen molar-refractivity contribution in [3.8, 4) is 0 Å². The van der Waals surface area contributed by atoms with Crippen LogP contribution in [-0.2, 0) is 4.79 Å². The first-order valence-electron chi connectivity index (χ1n) is 9.67. The molecule has 0 radical (unpaired) electrons. The van der Waals surface area contributed by atoms with E-state index >= 15 is 0 Å². The number of amides is 2. The lowest BCUT2D eigenvalue weighted by Gasteiger charge is -2.26. The molecule has 2 amide bonds. The van der Waals surface area contributed by atoms with Gasteiger partial charge in [-0.3, -0.25) is 19.4 Å². The third-order valence-electron chi connectivity index (χ3n) is 4.83. The lowest BCUT2D eigenvalue weighted by molar-refractivity contribution is -0.114. The largest absolute Gasteiger partial charge is 0.478 e. The minimum Gasteiger partial charge on any atom is -0.478 e. The number of primary amides is 1. The first-order chi connectivity index (χ1) is 16.1. The number of aromatic nitrogens is 1. The van der Waals surface area contributed by atoms with Crippen molar-refractivity contribution >= 4 is 35.3 Å². The molecule has 1 aromatic heterocycles. The van der Waals surface area contributed by atoms with Crippen LogP contribution >= 0.6 is 0 Å². The lowest BCUT2D eigenvalue weighted by atomic mass is 9.92. The summed E-state index contributed by atoms with van der Waals surface area (Å²) in [4.78, 5) is 51.4. The Balaban J connectivity index is 0.000000302. The molecule has 0 bridgehead atoms. The van der Waals surface area contributed by atoms with E-state index in [1.165, 1.54) is 42.4 Å². The van der Waals surface area contributed by atoms with E-state index < -0.39 is 35.2 Å². The summed E-state index contributed by atoms with van der Waals surface area (Å²) >= 11 is 0. The number of halogens is 2. The maximum atomic E-state index is 13.3. The lowest BCUT2D eigenvalue weighted by Crippen LogP contribution is -2.36. The predicted molar refractivity (Wildman–Crippen MR) is 118 cm³/mol. The van der Waals surface area contributed by atoms with Gasteiger partial charge in [-0.2, -0.15) is 0 Å². The highest BCUT2D eigenvalue weighted by Crippen LogP contribution is 2.31. The Kier molecular flexibility index (Phi) is 6.91. The van der Waals surface area contributed by atoms with Crippen molar-refractivity contribution in [3.05, 3.63) is 100 Å². The molecular formula is C24H17F2N3O5. The molecule has 0 unspecified atom stereocenters. The number of anilines is 1. The third-order valence-corrected chi connectivity index (χ3v) is 4.83. The van der Waals surface area contributed by atoms with Gasteiger partial charge in [0.1, 0.15) is 0 Å². The van der Waals surface area contributed by atoms with Crippen LogP contribution in [0.25, 0.3) is 6.08 Å². The van der Waals surface area contributed by atoms with E-state index in [-0.39, 0.29) is 28.0 Å². The smallest absolute Gasteiger partial charge is 0.335 e. The van der Waals surface area contributed by atoms with Crippen LogP contribution in [0.4, 0.5) is 14.5 Å². The summed E-state index contributed by atoms with van der Waals surface area (Å²) in [6, 6.07) is 10.1. The summed E-state index contributed by atoms with van der Waals surface area (Å²) in [7, 11) is 1.44. The van der Waals surface area contributed by atoms with Gasteiger partial charge >= 0.3 is 5.97 Å². The van der Waals surface area contributed by atoms with Gasteiger partial charge in [0.2, 0.25) is 11.7 Å². The molecule has 0 spiro atoms. The number of Topliss-reactive ketones (excluding diaryl/α,β-unsaturated/α-hetero) is 1. The quantitative estimate of drug-likeness (QED) is 0.452. The van der Waals surface area contributed by atoms with E-state index in [1.54, 1.807) is 18.3 Å². The number of carboxylic acid groups (broad SMARTS) is 1. The van der Waals surface area contributed by atoms with Gasteiger partial charge in [0.15, 0.2) is 11.6 Å². The van der Waals surface area contributed by atoms with Crippen LogP contribution in [0.15, 0.2) is 66.5 Å². The third kappa shape index (κ3) is 5.01. The molecule has 0 saturated heterocycles. The Morgan fingerprint density at radius 3 is 2.32 bits per heavy atom. The fourth-order valence-corrected chi connectivity index (χ4v) is 3.08. The Labute approximate surface area is 192 Å². The van der Waals surface area contributed by atoms with Crippen molar-refractivity contribution in [3.63, 3.8) is 0 Å². The number of aromatic carboxylic acids is 1. The highest BCUT2D eigenvalue weighted by atomic mass is 19.2. The molecule has 10 heteroatoms. The van der Waals surface area contributed by atoms with Gasteiger partial charge in [0, 0.05) is 25.0 Å². The van der Waals surface area contributed by atoms with Crippen LogP contribution in [0.1, 0.15) is 36.6 Å². The number of pyridine rings is 1. The minimum absolute atomic E-state index is 0.0517. The number of carbonyl (C=O) groups is 4. The molecular weight excluding hydrogens is 448 g/mol. The number of rotatable bonds is 3. The summed E-state index contributed by atoms with van der Waals surface area (Å²) in [6.45, 7) is 0. The summed E-state index contributed by atoms with van der Waals surface area (Å²) < 4.78 is 26.4. The number of carbonyl (C=O) groups excluding carboxylic acids is 3.